The molecule has 0 fully saturated rings. The summed E-state index contributed by atoms with van der Waals surface area (Å²) in [7, 11) is 0. The number of aromatic nitrogens is 1. The zero-order chi connectivity index (χ0) is 10.4. The molecule has 14 heavy (non-hydrogen) atoms. The van der Waals surface area contributed by atoms with Gasteiger partial charge in [-0.05, 0) is 18.6 Å². The van der Waals surface area contributed by atoms with E-state index in [1.165, 1.54) is 6.20 Å². The molecular weight excluding hydrogens is 202 g/mol. The molecule has 1 heterocycles. The van der Waals surface area contributed by atoms with Crippen LogP contribution in [-0.4, -0.2) is 17.6 Å². The van der Waals surface area contributed by atoms with E-state index in [4.69, 9.17) is 16.3 Å². The van der Waals surface area contributed by atoms with Crippen LogP contribution in [0, 0.1) is 0 Å². The molecule has 0 amide bonds. The molecule has 3 nitrogen and oxygen atoms in total. The van der Waals surface area contributed by atoms with Gasteiger partial charge in [0.1, 0.15) is 5.15 Å². The molecule has 76 valence electrons. The summed E-state index contributed by atoms with van der Waals surface area (Å²) in [6.45, 7) is 2.50. The number of hydrogen-bond donors (Lipinski definition) is 0. The van der Waals surface area contributed by atoms with Gasteiger partial charge in [0.05, 0.1) is 12.2 Å². The molecule has 0 aromatic carbocycles. The standard InChI is InChI=1S/C10H12ClNO2/c1-2-3-6-14-10(13)8-4-5-9(11)12-7-8/h4-5,7H,2-3,6H2,1H3. The molecule has 0 saturated carbocycles. The number of carbonyl (C=O) groups is 1. The van der Waals surface area contributed by atoms with E-state index in [0.717, 1.165) is 12.8 Å². The lowest BCUT2D eigenvalue weighted by Crippen LogP contribution is -2.06. The largest absolute Gasteiger partial charge is 0.462 e. The van der Waals surface area contributed by atoms with E-state index in [1.807, 2.05) is 6.92 Å². The third-order valence-electron chi connectivity index (χ3n) is 1.69. The van der Waals surface area contributed by atoms with Crippen LogP contribution in [0.3, 0.4) is 0 Å². The van der Waals surface area contributed by atoms with Crippen molar-refractivity contribution in [1.29, 1.82) is 0 Å². The SMILES string of the molecule is CCCCOC(=O)c1ccc(Cl)nc1. The van der Waals surface area contributed by atoms with Crippen molar-refractivity contribution in [2.75, 3.05) is 6.61 Å². The van der Waals surface area contributed by atoms with Crippen molar-refractivity contribution in [2.45, 2.75) is 19.8 Å². The summed E-state index contributed by atoms with van der Waals surface area (Å²) >= 11 is 5.58. The van der Waals surface area contributed by atoms with Crippen molar-refractivity contribution >= 4 is 17.6 Å². The minimum atomic E-state index is -0.345. The Morgan fingerprint density at radius 3 is 2.93 bits per heavy atom. The highest BCUT2D eigenvalue weighted by atomic mass is 35.5. The smallest absolute Gasteiger partial charge is 0.339 e. The topological polar surface area (TPSA) is 39.2 Å². The molecule has 0 bridgehead atoms. The Labute approximate surface area is 88.1 Å². The van der Waals surface area contributed by atoms with Crippen molar-refractivity contribution in [3.8, 4) is 0 Å². The zero-order valence-corrected chi connectivity index (χ0v) is 8.75. The second-order valence-electron chi connectivity index (χ2n) is 2.86. The Morgan fingerprint density at radius 1 is 1.57 bits per heavy atom. The van der Waals surface area contributed by atoms with E-state index < -0.39 is 0 Å². The van der Waals surface area contributed by atoms with Crippen molar-refractivity contribution in [1.82, 2.24) is 4.98 Å². The number of ether oxygens (including phenoxy) is 1. The fraction of sp³-hybridized carbons (Fsp3) is 0.400. The van der Waals surface area contributed by atoms with E-state index in [9.17, 15) is 4.79 Å². The van der Waals surface area contributed by atoms with Crippen molar-refractivity contribution < 1.29 is 9.53 Å². The van der Waals surface area contributed by atoms with Gasteiger partial charge in [-0.3, -0.25) is 0 Å². The van der Waals surface area contributed by atoms with Gasteiger partial charge in [-0.15, -0.1) is 0 Å². The molecule has 1 aromatic heterocycles. The number of rotatable bonds is 4. The minimum Gasteiger partial charge on any atom is -0.462 e. The fourth-order valence-electron chi connectivity index (χ4n) is 0.889. The van der Waals surface area contributed by atoms with Crippen LogP contribution in [0.4, 0.5) is 0 Å². The fourth-order valence-corrected chi connectivity index (χ4v) is 1.00. The third kappa shape index (κ3) is 3.34. The van der Waals surface area contributed by atoms with Gasteiger partial charge < -0.3 is 4.74 Å². The third-order valence-corrected chi connectivity index (χ3v) is 1.92. The zero-order valence-electron chi connectivity index (χ0n) is 8.00. The Hall–Kier alpha value is -1.09. The second kappa shape index (κ2) is 5.60. The lowest BCUT2D eigenvalue weighted by molar-refractivity contribution is 0.0499. The second-order valence-corrected chi connectivity index (χ2v) is 3.25. The Kier molecular flexibility index (Phi) is 4.40. The number of carbonyl (C=O) groups excluding carboxylic acids is 1. The lowest BCUT2D eigenvalue weighted by Gasteiger charge is -2.02. The highest BCUT2D eigenvalue weighted by Gasteiger charge is 2.06. The Balaban J connectivity index is 2.48. The maximum Gasteiger partial charge on any atom is 0.339 e. The molecule has 0 aliphatic heterocycles. The summed E-state index contributed by atoms with van der Waals surface area (Å²) in [5.74, 6) is -0.345. The molecule has 0 spiro atoms. The van der Waals surface area contributed by atoms with Gasteiger partial charge in [-0.25, -0.2) is 9.78 Å². The first-order valence-electron chi connectivity index (χ1n) is 4.52. The number of unbranched alkanes of at least 4 members (excludes halogenated alkanes) is 1. The number of halogens is 1. The summed E-state index contributed by atoms with van der Waals surface area (Å²) in [6.07, 6.45) is 3.30. The van der Waals surface area contributed by atoms with Crippen molar-refractivity contribution in [3.63, 3.8) is 0 Å². The van der Waals surface area contributed by atoms with Gasteiger partial charge in [0.25, 0.3) is 0 Å². The maximum absolute atomic E-state index is 11.3. The highest BCUT2D eigenvalue weighted by molar-refractivity contribution is 6.29. The van der Waals surface area contributed by atoms with E-state index in [1.54, 1.807) is 12.1 Å². The van der Waals surface area contributed by atoms with Crippen molar-refractivity contribution in [2.24, 2.45) is 0 Å². The molecule has 0 atom stereocenters. The average Bonchev–Trinajstić information content (AvgIpc) is 2.19. The molecule has 0 aliphatic rings. The number of hydrogen-bond acceptors (Lipinski definition) is 3. The van der Waals surface area contributed by atoms with Crippen LogP contribution in [0.5, 0.6) is 0 Å². The van der Waals surface area contributed by atoms with Gasteiger partial charge >= 0.3 is 5.97 Å². The molecular formula is C10H12ClNO2. The van der Waals surface area contributed by atoms with Crippen LogP contribution < -0.4 is 0 Å². The predicted molar refractivity (Wildman–Crippen MR) is 54.4 cm³/mol. The molecule has 1 aromatic rings. The minimum absolute atomic E-state index is 0.345. The maximum atomic E-state index is 11.3. The number of pyridine rings is 1. The van der Waals surface area contributed by atoms with Gasteiger partial charge in [0, 0.05) is 6.20 Å². The van der Waals surface area contributed by atoms with Crippen LogP contribution >= 0.6 is 11.6 Å². The molecule has 0 N–H and O–H groups in total. The van der Waals surface area contributed by atoms with Crippen LogP contribution in [0.1, 0.15) is 30.1 Å². The van der Waals surface area contributed by atoms with Gasteiger partial charge in [-0.1, -0.05) is 24.9 Å². The monoisotopic (exact) mass is 213 g/mol. The first kappa shape index (κ1) is 11.0. The van der Waals surface area contributed by atoms with Gasteiger partial charge in [-0.2, -0.15) is 0 Å². The van der Waals surface area contributed by atoms with E-state index in [-0.39, 0.29) is 5.97 Å². The van der Waals surface area contributed by atoms with E-state index >= 15 is 0 Å². The lowest BCUT2D eigenvalue weighted by atomic mass is 10.3. The Bertz CT molecular complexity index is 297. The Morgan fingerprint density at radius 2 is 2.36 bits per heavy atom. The number of esters is 1. The molecule has 0 saturated heterocycles. The van der Waals surface area contributed by atoms with E-state index in [2.05, 4.69) is 4.98 Å². The molecule has 0 unspecified atom stereocenters. The first-order chi connectivity index (χ1) is 6.74. The normalized spacial score (nSPS) is 9.86. The molecule has 1 rings (SSSR count). The predicted octanol–water partition coefficient (Wildman–Crippen LogP) is 2.69. The van der Waals surface area contributed by atoms with Crippen LogP contribution in [0.2, 0.25) is 5.15 Å². The van der Waals surface area contributed by atoms with Crippen LogP contribution in [0.15, 0.2) is 18.3 Å². The first-order valence-corrected chi connectivity index (χ1v) is 4.90. The summed E-state index contributed by atoms with van der Waals surface area (Å²) in [5.41, 5.74) is 0.436. The van der Waals surface area contributed by atoms with E-state index in [0.29, 0.717) is 17.3 Å². The quantitative estimate of drug-likeness (QED) is 0.439. The highest BCUT2D eigenvalue weighted by Crippen LogP contribution is 2.06. The van der Waals surface area contributed by atoms with Crippen LogP contribution in [0.25, 0.3) is 0 Å². The molecule has 0 radical (unpaired) electrons. The summed E-state index contributed by atoms with van der Waals surface area (Å²) < 4.78 is 4.99. The molecule has 0 aliphatic carbocycles. The molecule has 4 heteroatoms. The summed E-state index contributed by atoms with van der Waals surface area (Å²) in [4.78, 5) is 15.1. The van der Waals surface area contributed by atoms with Crippen molar-refractivity contribution in [3.05, 3.63) is 29.0 Å². The summed E-state index contributed by atoms with van der Waals surface area (Å²) in [6, 6.07) is 3.17. The van der Waals surface area contributed by atoms with Gasteiger partial charge in [0.15, 0.2) is 0 Å². The number of nitrogens with zero attached hydrogens (tertiary/aromatic N) is 1. The average molecular weight is 214 g/mol. The summed E-state index contributed by atoms with van der Waals surface area (Å²) in [5, 5.41) is 0.370. The van der Waals surface area contributed by atoms with Crippen LogP contribution in [-0.2, 0) is 4.74 Å². The van der Waals surface area contributed by atoms with Gasteiger partial charge in [0.2, 0.25) is 0 Å².